The van der Waals surface area contributed by atoms with Gasteiger partial charge in [-0.1, -0.05) is 72.8 Å². The third kappa shape index (κ3) is 7.90. The van der Waals surface area contributed by atoms with Crippen molar-refractivity contribution in [3.8, 4) is 0 Å². The van der Waals surface area contributed by atoms with Gasteiger partial charge in [0.25, 0.3) is 0 Å². The van der Waals surface area contributed by atoms with Gasteiger partial charge in [0.2, 0.25) is 17.7 Å². The molecule has 0 radical (unpaired) electrons. The Morgan fingerprint density at radius 2 is 1.69 bits per heavy atom. The molecule has 0 saturated carbocycles. The second kappa shape index (κ2) is 14.4. The summed E-state index contributed by atoms with van der Waals surface area (Å²) in [5, 5.41) is 8.11. The molecule has 0 spiro atoms. The first kappa shape index (κ1) is 28.3. The van der Waals surface area contributed by atoms with Crippen molar-refractivity contribution in [3.05, 3.63) is 83.9 Å². The van der Waals surface area contributed by atoms with Crippen molar-refractivity contribution in [3.63, 3.8) is 0 Å². The van der Waals surface area contributed by atoms with E-state index in [-0.39, 0.29) is 24.1 Å². The molecule has 1 aliphatic heterocycles. The molecule has 0 aliphatic carbocycles. The predicted octanol–water partition coefficient (Wildman–Crippen LogP) is 3.74. The van der Waals surface area contributed by atoms with Crippen LogP contribution < -0.4 is 16.4 Å². The molecule has 0 bridgehead atoms. The van der Waals surface area contributed by atoms with Crippen LogP contribution in [-0.2, 0) is 27.2 Å². The van der Waals surface area contributed by atoms with E-state index < -0.39 is 12.1 Å². The maximum Gasteiger partial charge on any atom is 0.243 e. The van der Waals surface area contributed by atoms with Crippen molar-refractivity contribution in [2.75, 3.05) is 19.6 Å². The first-order valence-electron chi connectivity index (χ1n) is 14.1. The van der Waals surface area contributed by atoms with Gasteiger partial charge < -0.3 is 21.3 Å². The Bertz CT molecular complexity index is 1240. The van der Waals surface area contributed by atoms with Crippen molar-refractivity contribution in [1.82, 2.24) is 15.5 Å². The average Bonchev–Trinajstić information content (AvgIpc) is 3.46. The number of benzene rings is 3. The van der Waals surface area contributed by atoms with Crippen LogP contribution in [0.5, 0.6) is 0 Å². The van der Waals surface area contributed by atoms with Gasteiger partial charge in [-0.05, 0) is 73.4 Å². The Morgan fingerprint density at radius 3 is 2.51 bits per heavy atom. The predicted molar refractivity (Wildman–Crippen MR) is 155 cm³/mol. The van der Waals surface area contributed by atoms with Crippen molar-refractivity contribution < 1.29 is 14.4 Å². The summed E-state index contributed by atoms with van der Waals surface area (Å²) in [7, 11) is 0. The molecular weight excluding hydrogens is 488 g/mol. The van der Waals surface area contributed by atoms with E-state index in [4.69, 9.17) is 5.73 Å². The van der Waals surface area contributed by atoms with E-state index in [1.165, 1.54) is 5.56 Å². The summed E-state index contributed by atoms with van der Waals surface area (Å²) < 4.78 is 0. The molecule has 1 saturated heterocycles. The number of hydrogen-bond acceptors (Lipinski definition) is 4. The highest BCUT2D eigenvalue weighted by Gasteiger charge is 2.35. The Labute approximate surface area is 231 Å². The van der Waals surface area contributed by atoms with E-state index in [1.54, 1.807) is 4.90 Å². The summed E-state index contributed by atoms with van der Waals surface area (Å²) in [5.41, 5.74) is 7.85. The van der Waals surface area contributed by atoms with Crippen molar-refractivity contribution >= 4 is 28.5 Å². The molecule has 1 aliphatic rings. The van der Waals surface area contributed by atoms with Gasteiger partial charge in [-0.2, -0.15) is 0 Å². The van der Waals surface area contributed by atoms with E-state index in [0.29, 0.717) is 32.5 Å². The number of nitrogens with two attached hydrogens (primary N) is 1. The lowest BCUT2D eigenvalue weighted by Gasteiger charge is -2.27. The lowest BCUT2D eigenvalue weighted by Crippen LogP contribution is -2.53. The largest absolute Gasteiger partial charge is 0.354 e. The molecule has 206 valence electrons. The van der Waals surface area contributed by atoms with Crippen molar-refractivity contribution in [1.29, 1.82) is 0 Å². The molecule has 3 aromatic carbocycles. The highest BCUT2D eigenvalue weighted by molar-refractivity contribution is 5.94. The average molecular weight is 529 g/mol. The first-order chi connectivity index (χ1) is 19.1. The number of hydrogen-bond donors (Lipinski definition) is 3. The molecule has 4 rings (SSSR count). The van der Waals surface area contributed by atoms with Gasteiger partial charge in [0, 0.05) is 13.1 Å². The smallest absolute Gasteiger partial charge is 0.243 e. The third-order valence-electron chi connectivity index (χ3n) is 7.46. The molecule has 1 heterocycles. The fourth-order valence-corrected chi connectivity index (χ4v) is 5.35. The fourth-order valence-electron chi connectivity index (χ4n) is 5.35. The summed E-state index contributed by atoms with van der Waals surface area (Å²) in [4.78, 5) is 41.5. The highest BCUT2D eigenvalue weighted by atomic mass is 16.2. The van der Waals surface area contributed by atoms with Crippen LogP contribution in [0.15, 0.2) is 72.8 Å². The minimum absolute atomic E-state index is 0.0611. The standard InChI is InChI=1S/C32H40N4O3/c33-20-7-6-18-28(31(38)34-21-9-13-24-11-2-1-3-12-24)35-32(39)29-19-10-22-36(29)30(37)23-26-16-8-15-25-14-4-5-17-27(25)26/h1-5,8,11-12,14-17,28-29H,6-7,9-10,13,18-23,33H2,(H,34,38)(H,35,39)/t28-,29-/m0/s1. The zero-order valence-electron chi connectivity index (χ0n) is 22.6. The number of nitrogens with zero attached hydrogens (tertiary/aromatic N) is 1. The number of carbonyl (C=O) groups is 3. The molecule has 3 aromatic rings. The van der Waals surface area contributed by atoms with Gasteiger partial charge in [-0.15, -0.1) is 0 Å². The van der Waals surface area contributed by atoms with Gasteiger partial charge in [0.1, 0.15) is 12.1 Å². The number of aryl methyl sites for hydroxylation is 1. The lowest BCUT2D eigenvalue weighted by atomic mass is 10.0. The lowest BCUT2D eigenvalue weighted by molar-refractivity contribution is -0.139. The van der Waals surface area contributed by atoms with Crippen LogP contribution in [0, 0.1) is 0 Å². The summed E-state index contributed by atoms with van der Waals surface area (Å²) in [6, 6.07) is 22.9. The number of fused-ring (bicyclic) bond motifs is 1. The SMILES string of the molecule is NCCCC[C@H](NC(=O)[C@@H]1CCCN1C(=O)Cc1cccc2ccccc12)C(=O)NCCCc1ccccc1. The Hall–Kier alpha value is -3.71. The molecule has 3 amide bonds. The number of rotatable bonds is 13. The quantitative estimate of drug-likeness (QED) is 0.294. The number of amides is 3. The summed E-state index contributed by atoms with van der Waals surface area (Å²) in [5.74, 6) is -0.495. The third-order valence-corrected chi connectivity index (χ3v) is 7.46. The van der Waals surface area contributed by atoms with E-state index >= 15 is 0 Å². The normalized spacial score (nSPS) is 15.7. The molecule has 0 aromatic heterocycles. The second-order valence-corrected chi connectivity index (χ2v) is 10.3. The number of likely N-dealkylation sites (tertiary alicyclic amines) is 1. The maximum atomic E-state index is 13.4. The van der Waals surface area contributed by atoms with Crippen LogP contribution in [0.3, 0.4) is 0 Å². The van der Waals surface area contributed by atoms with Crippen LogP contribution in [0.1, 0.15) is 49.7 Å². The molecule has 7 nitrogen and oxygen atoms in total. The number of unbranched alkanes of at least 4 members (excludes halogenated alkanes) is 1. The van der Waals surface area contributed by atoms with Crippen molar-refractivity contribution in [2.45, 2.75) is 63.5 Å². The van der Waals surface area contributed by atoms with Crippen LogP contribution >= 0.6 is 0 Å². The van der Waals surface area contributed by atoms with Gasteiger partial charge in [-0.25, -0.2) is 0 Å². The molecule has 4 N–H and O–H groups in total. The van der Waals surface area contributed by atoms with Gasteiger partial charge in [0.15, 0.2) is 0 Å². The summed E-state index contributed by atoms with van der Waals surface area (Å²) >= 11 is 0. The summed E-state index contributed by atoms with van der Waals surface area (Å²) in [6.45, 7) is 1.62. The summed E-state index contributed by atoms with van der Waals surface area (Å²) in [6.07, 6.45) is 5.35. The zero-order valence-corrected chi connectivity index (χ0v) is 22.6. The minimum Gasteiger partial charge on any atom is -0.354 e. The highest BCUT2D eigenvalue weighted by Crippen LogP contribution is 2.23. The Kier molecular flexibility index (Phi) is 10.5. The maximum absolute atomic E-state index is 13.4. The second-order valence-electron chi connectivity index (χ2n) is 10.3. The van der Waals surface area contributed by atoms with Crippen LogP contribution in [-0.4, -0.2) is 54.3 Å². The Balaban J connectivity index is 1.34. The van der Waals surface area contributed by atoms with E-state index in [0.717, 1.165) is 48.4 Å². The van der Waals surface area contributed by atoms with Crippen molar-refractivity contribution in [2.24, 2.45) is 5.73 Å². The van der Waals surface area contributed by atoms with Gasteiger partial charge >= 0.3 is 0 Å². The first-order valence-corrected chi connectivity index (χ1v) is 14.1. The molecule has 1 fully saturated rings. The molecular formula is C32H40N4O3. The van der Waals surface area contributed by atoms with Gasteiger partial charge in [0.05, 0.1) is 6.42 Å². The zero-order chi connectivity index (χ0) is 27.5. The molecule has 39 heavy (non-hydrogen) atoms. The van der Waals surface area contributed by atoms with Crippen LogP contribution in [0.25, 0.3) is 10.8 Å². The minimum atomic E-state index is -0.642. The molecule has 0 unspecified atom stereocenters. The Morgan fingerprint density at radius 1 is 0.923 bits per heavy atom. The van der Waals surface area contributed by atoms with Gasteiger partial charge in [-0.3, -0.25) is 14.4 Å². The topological polar surface area (TPSA) is 105 Å². The monoisotopic (exact) mass is 528 g/mol. The number of nitrogens with one attached hydrogen (secondary N) is 2. The van der Waals surface area contributed by atoms with Crippen LogP contribution in [0.2, 0.25) is 0 Å². The van der Waals surface area contributed by atoms with E-state index in [2.05, 4.69) is 22.8 Å². The van der Waals surface area contributed by atoms with Crippen LogP contribution in [0.4, 0.5) is 0 Å². The molecule has 2 atom stereocenters. The molecule has 7 heteroatoms. The van der Waals surface area contributed by atoms with E-state index in [9.17, 15) is 14.4 Å². The van der Waals surface area contributed by atoms with E-state index in [1.807, 2.05) is 60.7 Å². The number of carbonyl (C=O) groups excluding carboxylic acids is 3. The fraction of sp³-hybridized carbons (Fsp3) is 0.406.